The van der Waals surface area contributed by atoms with Gasteiger partial charge in [-0.3, -0.25) is 0 Å². The van der Waals surface area contributed by atoms with Crippen molar-refractivity contribution in [2.24, 2.45) is 0 Å². The normalized spacial score (nSPS) is 22.8. The molecule has 1 fully saturated rings. The lowest BCUT2D eigenvalue weighted by atomic mass is 10.0. The molecule has 0 spiro atoms. The summed E-state index contributed by atoms with van der Waals surface area (Å²) in [5, 5.41) is 3.53. The fourth-order valence-electron chi connectivity index (χ4n) is 2.80. The number of hydrogen-bond acceptors (Lipinski definition) is 2. The van der Waals surface area contributed by atoms with E-state index < -0.39 is 0 Å². The van der Waals surface area contributed by atoms with Gasteiger partial charge in [0.05, 0.1) is 6.04 Å². The molecular weight excluding hydrogens is 251 g/mol. The van der Waals surface area contributed by atoms with Gasteiger partial charge >= 0.3 is 0 Å². The SMILES string of the molecule is CC1CN(c2ccc(F)cc2)C(c2ccccc2)CN1. The molecular formula is C17H19FN2. The van der Waals surface area contributed by atoms with E-state index in [1.54, 1.807) is 0 Å². The highest BCUT2D eigenvalue weighted by Gasteiger charge is 2.27. The van der Waals surface area contributed by atoms with Crippen LogP contribution in [0.25, 0.3) is 0 Å². The van der Waals surface area contributed by atoms with Gasteiger partial charge in [0.1, 0.15) is 5.82 Å². The first-order chi connectivity index (χ1) is 9.74. The van der Waals surface area contributed by atoms with Gasteiger partial charge in [-0.05, 0) is 36.8 Å². The van der Waals surface area contributed by atoms with Gasteiger partial charge in [0, 0.05) is 24.8 Å². The molecule has 104 valence electrons. The Morgan fingerprint density at radius 2 is 1.75 bits per heavy atom. The van der Waals surface area contributed by atoms with E-state index in [9.17, 15) is 4.39 Å². The molecule has 0 aliphatic carbocycles. The van der Waals surface area contributed by atoms with E-state index in [1.807, 2.05) is 18.2 Å². The Hall–Kier alpha value is -1.87. The summed E-state index contributed by atoms with van der Waals surface area (Å²) in [6.45, 7) is 4.01. The molecule has 1 heterocycles. The molecule has 1 N–H and O–H groups in total. The minimum atomic E-state index is -0.187. The average molecular weight is 270 g/mol. The van der Waals surface area contributed by atoms with Crippen molar-refractivity contribution >= 4 is 5.69 Å². The van der Waals surface area contributed by atoms with Gasteiger partial charge in [-0.2, -0.15) is 0 Å². The second-order valence-electron chi connectivity index (χ2n) is 5.36. The van der Waals surface area contributed by atoms with Crippen LogP contribution in [-0.4, -0.2) is 19.1 Å². The van der Waals surface area contributed by atoms with E-state index in [0.29, 0.717) is 6.04 Å². The molecule has 0 bridgehead atoms. The topological polar surface area (TPSA) is 15.3 Å². The Morgan fingerprint density at radius 1 is 1.05 bits per heavy atom. The second-order valence-corrected chi connectivity index (χ2v) is 5.36. The molecule has 1 aliphatic rings. The summed E-state index contributed by atoms with van der Waals surface area (Å²) >= 11 is 0. The molecule has 2 aromatic rings. The Labute approximate surface area is 119 Å². The first-order valence-electron chi connectivity index (χ1n) is 7.04. The highest BCUT2D eigenvalue weighted by atomic mass is 19.1. The van der Waals surface area contributed by atoms with Gasteiger partial charge in [-0.1, -0.05) is 30.3 Å². The predicted molar refractivity (Wildman–Crippen MR) is 80.4 cm³/mol. The van der Waals surface area contributed by atoms with E-state index >= 15 is 0 Å². The summed E-state index contributed by atoms with van der Waals surface area (Å²) in [6, 6.07) is 18.0. The molecule has 0 aromatic heterocycles. The summed E-state index contributed by atoms with van der Waals surface area (Å²) in [4.78, 5) is 2.36. The van der Waals surface area contributed by atoms with Gasteiger partial charge in [-0.25, -0.2) is 4.39 Å². The minimum Gasteiger partial charge on any atom is -0.362 e. The smallest absolute Gasteiger partial charge is 0.123 e. The fraction of sp³-hybridized carbons (Fsp3) is 0.294. The number of benzene rings is 2. The van der Waals surface area contributed by atoms with Gasteiger partial charge < -0.3 is 10.2 Å². The van der Waals surface area contributed by atoms with Crippen molar-refractivity contribution < 1.29 is 4.39 Å². The minimum absolute atomic E-state index is 0.187. The molecule has 3 rings (SSSR count). The van der Waals surface area contributed by atoms with Crippen LogP contribution in [-0.2, 0) is 0 Å². The number of piperazine rings is 1. The zero-order valence-electron chi connectivity index (χ0n) is 11.6. The van der Waals surface area contributed by atoms with Gasteiger partial charge in [0.15, 0.2) is 0 Å². The standard InChI is InChI=1S/C17H19FN2/c1-13-12-20(16-9-7-15(18)8-10-16)17(11-19-13)14-5-3-2-4-6-14/h2-10,13,17,19H,11-12H2,1H3. The maximum absolute atomic E-state index is 13.1. The summed E-state index contributed by atoms with van der Waals surface area (Å²) in [7, 11) is 0. The predicted octanol–water partition coefficient (Wildman–Crippen LogP) is 3.37. The molecule has 2 aromatic carbocycles. The number of nitrogens with zero attached hydrogens (tertiary/aromatic N) is 1. The maximum Gasteiger partial charge on any atom is 0.123 e. The molecule has 2 nitrogen and oxygen atoms in total. The van der Waals surface area contributed by atoms with Crippen LogP contribution in [0, 0.1) is 5.82 Å². The molecule has 0 saturated carbocycles. The largest absolute Gasteiger partial charge is 0.362 e. The molecule has 0 amide bonds. The van der Waals surface area contributed by atoms with Crippen molar-refractivity contribution in [1.82, 2.24) is 5.32 Å². The number of hydrogen-bond donors (Lipinski definition) is 1. The lowest BCUT2D eigenvalue weighted by molar-refractivity contribution is 0.416. The summed E-state index contributed by atoms with van der Waals surface area (Å²) < 4.78 is 13.1. The summed E-state index contributed by atoms with van der Waals surface area (Å²) in [5.74, 6) is -0.187. The van der Waals surface area contributed by atoms with Gasteiger partial charge in [0.2, 0.25) is 0 Å². The lowest BCUT2D eigenvalue weighted by Crippen LogP contribution is -2.51. The first-order valence-corrected chi connectivity index (χ1v) is 7.04. The van der Waals surface area contributed by atoms with E-state index in [-0.39, 0.29) is 11.9 Å². The molecule has 2 unspecified atom stereocenters. The monoisotopic (exact) mass is 270 g/mol. The third-order valence-electron chi connectivity index (χ3n) is 3.85. The summed E-state index contributed by atoms with van der Waals surface area (Å²) in [6.07, 6.45) is 0. The van der Waals surface area contributed by atoms with Crippen LogP contribution in [0.15, 0.2) is 54.6 Å². The third kappa shape index (κ3) is 2.68. The highest BCUT2D eigenvalue weighted by molar-refractivity contribution is 5.50. The van der Waals surface area contributed by atoms with Crippen LogP contribution in [0.5, 0.6) is 0 Å². The van der Waals surface area contributed by atoms with Crippen molar-refractivity contribution in [3.8, 4) is 0 Å². The van der Waals surface area contributed by atoms with E-state index in [4.69, 9.17) is 0 Å². The number of halogens is 1. The maximum atomic E-state index is 13.1. The Morgan fingerprint density at radius 3 is 2.45 bits per heavy atom. The number of rotatable bonds is 2. The van der Waals surface area contributed by atoms with Crippen LogP contribution in [0.2, 0.25) is 0 Å². The number of anilines is 1. The molecule has 0 radical (unpaired) electrons. The molecule has 20 heavy (non-hydrogen) atoms. The van der Waals surface area contributed by atoms with Crippen molar-refractivity contribution in [2.75, 3.05) is 18.0 Å². The van der Waals surface area contributed by atoms with Gasteiger partial charge in [0.25, 0.3) is 0 Å². The van der Waals surface area contributed by atoms with E-state index in [0.717, 1.165) is 18.8 Å². The quantitative estimate of drug-likeness (QED) is 0.900. The molecule has 3 heteroatoms. The van der Waals surface area contributed by atoms with Gasteiger partial charge in [-0.15, -0.1) is 0 Å². The molecule has 1 saturated heterocycles. The van der Waals surface area contributed by atoms with E-state index in [1.165, 1.54) is 17.7 Å². The van der Waals surface area contributed by atoms with Crippen LogP contribution in [0.4, 0.5) is 10.1 Å². The molecule has 1 aliphatic heterocycles. The highest BCUT2D eigenvalue weighted by Crippen LogP contribution is 2.29. The van der Waals surface area contributed by atoms with Crippen molar-refractivity contribution in [1.29, 1.82) is 0 Å². The van der Waals surface area contributed by atoms with Crippen molar-refractivity contribution in [3.05, 3.63) is 66.0 Å². The van der Waals surface area contributed by atoms with Crippen LogP contribution >= 0.6 is 0 Å². The second kappa shape index (κ2) is 5.63. The average Bonchev–Trinajstić information content (AvgIpc) is 2.49. The fourth-order valence-corrected chi connectivity index (χ4v) is 2.80. The zero-order chi connectivity index (χ0) is 13.9. The van der Waals surface area contributed by atoms with Crippen LogP contribution in [0.3, 0.4) is 0 Å². The van der Waals surface area contributed by atoms with Crippen LogP contribution < -0.4 is 10.2 Å². The van der Waals surface area contributed by atoms with Crippen molar-refractivity contribution in [3.63, 3.8) is 0 Å². The number of nitrogens with one attached hydrogen (secondary N) is 1. The van der Waals surface area contributed by atoms with Crippen LogP contribution in [0.1, 0.15) is 18.5 Å². The van der Waals surface area contributed by atoms with Crippen molar-refractivity contribution in [2.45, 2.75) is 19.0 Å². The zero-order valence-corrected chi connectivity index (χ0v) is 11.6. The summed E-state index contributed by atoms with van der Waals surface area (Å²) in [5.41, 5.74) is 2.37. The third-order valence-corrected chi connectivity index (χ3v) is 3.85. The molecule has 2 atom stereocenters. The lowest BCUT2D eigenvalue weighted by Gasteiger charge is -2.41. The Balaban J connectivity index is 1.93. The first kappa shape index (κ1) is 13.1. The Kier molecular flexibility index (Phi) is 3.70. The van der Waals surface area contributed by atoms with E-state index in [2.05, 4.69) is 41.4 Å². The Bertz CT molecular complexity index is 553.